The highest BCUT2D eigenvalue weighted by Crippen LogP contribution is 2.51. The number of hydrogen-bond acceptors (Lipinski definition) is 3. The van der Waals surface area contributed by atoms with E-state index in [1.807, 2.05) is 36.4 Å². The Balaban J connectivity index is 0.000000111. The lowest BCUT2D eigenvalue weighted by Gasteiger charge is -2.21. The number of rotatable bonds is 12. The predicted molar refractivity (Wildman–Crippen MR) is 595 cm³/mol. The van der Waals surface area contributed by atoms with Gasteiger partial charge in [-0.3, -0.25) is 0 Å². The second-order valence-electron chi connectivity index (χ2n) is 38.0. The molecule has 0 amide bonds. The molecule has 3 heteroatoms. The van der Waals surface area contributed by atoms with E-state index in [1.165, 1.54) is 209 Å². The van der Waals surface area contributed by atoms with E-state index in [4.69, 9.17) is 13.3 Å². The summed E-state index contributed by atoms with van der Waals surface area (Å²) in [7, 11) is 0. The van der Waals surface area contributed by atoms with E-state index < -0.39 is 0 Å². The minimum Gasteiger partial charge on any atom is -0.456 e. The van der Waals surface area contributed by atoms with E-state index in [1.54, 1.807) is 0 Å². The molecule has 27 aromatic rings. The van der Waals surface area contributed by atoms with Gasteiger partial charge >= 0.3 is 0 Å². The van der Waals surface area contributed by atoms with Crippen LogP contribution in [0.3, 0.4) is 0 Å². The van der Waals surface area contributed by atoms with Gasteiger partial charge in [0.15, 0.2) is 0 Å². The Labute approximate surface area is 813 Å². The predicted octanol–water partition coefficient (Wildman–Crippen LogP) is 39.3. The van der Waals surface area contributed by atoms with Gasteiger partial charge in [0.2, 0.25) is 0 Å². The number of hydrogen-bond donors (Lipinski definition) is 0. The second kappa shape index (κ2) is 35.2. The number of para-hydroxylation sites is 3. The van der Waals surface area contributed by atoms with Gasteiger partial charge in [0.1, 0.15) is 33.5 Å². The molecule has 660 valence electrons. The van der Waals surface area contributed by atoms with E-state index in [2.05, 4.69) is 489 Å². The van der Waals surface area contributed by atoms with Crippen LogP contribution < -0.4 is 0 Å². The summed E-state index contributed by atoms with van der Waals surface area (Å²) >= 11 is 0. The maximum atomic E-state index is 6.12. The molecule has 0 unspecified atom stereocenters. The third-order valence-electron chi connectivity index (χ3n) is 28.4. The molecule has 24 aromatic carbocycles. The quantitative estimate of drug-likeness (QED) is 0.114. The number of aryl methyl sites for hydroxylation is 1. The van der Waals surface area contributed by atoms with E-state index in [0.29, 0.717) is 0 Å². The minimum absolute atomic E-state index is 0.0905. The monoisotopic (exact) mass is 1790 g/mol. The van der Waals surface area contributed by atoms with Crippen molar-refractivity contribution in [1.82, 2.24) is 0 Å². The van der Waals surface area contributed by atoms with Crippen LogP contribution in [0.2, 0.25) is 0 Å². The third-order valence-corrected chi connectivity index (χ3v) is 28.4. The number of furan rings is 3. The van der Waals surface area contributed by atoms with Gasteiger partial charge in [-0.05, 0) is 307 Å². The normalized spacial score (nSPS) is 11.7. The zero-order chi connectivity index (χ0) is 93.5. The SMILES string of the molecule is CC(C)(C)c1ccc(-c2c3ccccc3c(-c3ccccc3)c3ccc(-c4cccc(-c5ccc6oc7ccccc7c6c5)c4)cc23)cc1.Cc1ccc(-c2c3ccccc3c(-c3ccccc3)c3ccc(-c4cccc(-c5ccc6oc7ccccc7c6c5)c4)cc23)cc1.c1ccc(-c2c3ccccc3c(-c3ccccc3)c3cc(-c4cccc(-c5ccc6oc7ccccc7c6c5)c4)ccc23)cc1. The Hall–Kier alpha value is -17.8. The van der Waals surface area contributed by atoms with Crippen molar-refractivity contribution >= 4 is 130 Å². The first-order valence-electron chi connectivity index (χ1n) is 48.4. The molecule has 0 N–H and O–H groups in total. The molecule has 0 fully saturated rings. The van der Waals surface area contributed by atoms with Gasteiger partial charge in [0.25, 0.3) is 0 Å². The van der Waals surface area contributed by atoms with Crippen LogP contribution in [0.1, 0.15) is 31.9 Å². The Morgan fingerprint density at radius 1 is 0.129 bits per heavy atom. The molecule has 0 bridgehead atoms. The van der Waals surface area contributed by atoms with Crippen molar-refractivity contribution in [2.45, 2.75) is 33.1 Å². The van der Waals surface area contributed by atoms with Crippen molar-refractivity contribution < 1.29 is 13.3 Å². The van der Waals surface area contributed by atoms with Gasteiger partial charge in [0, 0.05) is 32.3 Å². The van der Waals surface area contributed by atoms with Crippen LogP contribution in [0.4, 0.5) is 0 Å². The smallest absolute Gasteiger partial charge is 0.135 e. The van der Waals surface area contributed by atoms with Crippen molar-refractivity contribution in [3.05, 3.63) is 509 Å². The van der Waals surface area contributed by atoms with E-state index in [-0.39, 0.29) is 5.41 Å². The third kappa shape index (κ3) is 15.3. The van der Waals surface area contributed by atoms with Gasteiger partial charge in [0.05, 0.1) is 0 Å². The highest BCUT2D eigenvalue weighted by atomic mass is 16.3. The maximum absolute atomic E-state index is 6.12. The topological polar surface area (TPSA) is 39.4 Å². The van der Waals surface area contributed by atoms with Crippen molar-refractivity contribution in [3.8, 4) is 134 Å². The summed E-state index contributed by atoms with van der Waals surface area (Å²) in [6.07, 6.45) is 0. The van der Waals surface area contributed by atoms with Crippen molar-refractivity contribution in [2.75, 3.05) is 0 Å². The molecule has 0 aliphatic heterocycles. The molecule has 0 aliphatic carbocycles. The summed E-state index contributed by atoms with van der Waals surface area (Å²) < 4.78 is 18.3. The van der Waals surface area contributed by atoms with E-state index in [9.17, 15) is 0 Å². The second-order valence-corrected chi connectivity index (χ2v) is 38.0. The lowest BCUT2D eigenvalue weighted by molar-refractivity contribution is 0.590. The van der Waals surface area contributed by atoms with Crippen LogP contribution in [0.25, 0.3) is 264 Å². The Morgan fingerprint density at radius 2 is 0.307 bits per heavy atom. The largest absolute Gasteiger partial charge is 0.456 e. The van der Waals surface area contributed by atoms with Crippen LogP contribution in [0.15, 0.2) is 511 Å². The molecule has 0 saturated heterocycles. The summed E-state index contributed by atoms with van der Waals surface area (Å²) in [5.74, 6) is 0. The number of fused-ring (bicyclic) bond motifs is 15. The summed E-state index contributed by atoms with van der Waals surface area (Å²) in [5, 5.41) is 22.1. The van der Waals surface area contributed by atoms with Gasteiger partial charge in [-0.2, -0.15) is 0 Å². The molecular weight excluding hydrogens is 1690 g/mol. The highest BCUT2D eigenvalue weighted by Gasteiger charge is 2.25. The van der Waals surface area contributed by atoms with Gasteiger partial charge in [-0.1, -0.05) is 433 Å². The van der Waals surface area contributed by atoms with Gasteiger partial charge in [-0.25, -0.2) is 0 Å². The maximum Gasteiger partial charge on any atom is 0.135 e. The zero-order valence-corrected chi connectivity index (χ0v) is 78.1. The van der Waals surface area contributed by atoms with Crippen molar-refractivity contribution in [1.29, 1.82) is 0 Å². The van der Waals surface area contributed by atoms with Crippen molar-refractivity contribution in [2.24, 2.45) is 0 Å². The van der Waals surface area contributed by atoms with Crippen LogP contribution in [-0.2, 0) is 5.41 Å². The molecule has 3 nitrogen and oxygen atoms in total. The molecule has 0 saturated carbocycles. The highest BCUT2D eigenvalue weighted by molar-refractivity contribution is 6.26. The molecule has 0 spiro atoms. The molecule has 140 heavy (non-hydrogen) atoms. The van der Waals surface area contributed by atoms with Crippen molar-refractivity contribution in [3.63, 3.8) is 0 Å². The fourth-order valence-corrected chi connectivity index (χ4v) is 21.6. The Kier molecular flexibility index (Phi) is 21.1. The standard InChI is InChI=1S/C48H36O.C45H30O.C44H28O/c1-48(2,3)37-24-20-32(21-25-37)47-40-18-8-7-17-39(40)46(31-12-5-4-6-13-31)41-26-22-35(30-43(41)47)33-14-11-15-34(28-33)36-23-27-45-42(29-36)38-16-9-10-19-44(38)49-45;1-29-18-20-31(21-19-29)45-38-16-6-5-15-37(38)44(30-10-3-2-4-11-30)39-24-22-34(28-41(39)45)32-12-9-13-33(26-32)35-23-25-43-40(27-35)36-14-7-8-17-42(36)46-43;1-3-12-29(13-4-1)43-36-19-7-8-20-37(36)44(30-14-5-2-6-15-30)40-28-33(22-24-38(40)43)31-16-11-17-32(26-31)34-23-25-42-39(27-34)35-18-9-10-21-41(35)45-42/h4-30H,1-3H3;2-28H,1H3;1-28H. The molecular formula is C137H94O3. The van der Waals surface area contributed by atoms with Gasteiger partial charge < -0.3 is 13.3 Å². The van der Waals surface area contributed by atoms with E-state index >= 15 is 0 Å². The first kappa shape index (κ1) is 84.0. The Morgan fingerprint density at radius 3 is 0.571 bits per heavy atom. The molecule has 3 heterocycles. The molecule has 0 atom stereocenters. The zero-order valence-electron chi connectivity index (χ0n) is 78.1. The fourth-order valence-electron chi connectivity index (χ4n) is 21.6. The first-order valence-corrected chi connectivity index (χ1v) is 48.4. The summed E-state index contributed by atoms with van der Waals surface area (Å²) in [6, 6.07) is 180. The average Bonchev–Trinajstić information content (AvgIpc) is 1.01. The lowest BCUT2D eigenvalue weighted by Crippen LogP contribution is -2.10. The molecule has 0 aliphatic rings. The Bertz CT molecular complexity index is 9500. The van der Waals surface area contributed by atoms with Crippen LogP contribution >= 0.6 is 0 Å². The first-order chi connectivity index (χ1) is 68.9. The number of benzene rings is 24. The van der Waals surface area contributed by atoms with E-state index in [0.717, 1.165) is 65.8 Å². The van der Waals surface area contributed by atoms with Crippen LogP contribution in [0.5, 0.6) is 0 Å². The summed E-state index contributed by atoms with van der Waals surface area (Å²) in [4.78, 5) is 0. The minimum atomic E-state index is 0.0905. The molecule has 27 rings (SSSR count). The summed E-state index contributed by atoms with van der Waals surface area (Å²) in [5.41, 5.74) is 37.6. The van der Waals surface area contributed by atoms with Gasteiger partial charge in [-0.15, -0.1) is 0 Å². The average molecular weight is 1790 g/mol. The molecule has 0 radical (unpaired) electrons. The van der Waals surface area contributed by atoms with Crippen LogP contribution in [0, 0.1) is 6.92 Å². The van der Waals surface area contributed by atoms with Crippen LogP contribution in [-0.4, -0.2) is 0 Å². The summed E-state index contributed by atoms with van der Waals surface area (Å²) in [6.45, 7) is 8.97. The lowest BCUT2D eigenvalue weighted by atomic mass is 9.83. The molecule has 3 aromatic heterocycles. The fraction of sp³-hybridized carbons (Fsp3) is 0.0365.